The minimum atomic E-state index is -3.29. The average Bonchev–Trinajstić information content (AvgIpc) is 2.26. The van der Waals surface area contributed by atoms with E-state index in [1.54, 1.807) is 6.07 Å². The van der Waals surface area contributed by atoms with Gasteiger partial charge in [-0.15, -0.1) is 0 Å². The van der Waals surface area contributed by atoms with E-state index < -0.39 is 21.5 Å². The molecule has 18 heavy (non-hydrogen) atoms. The summed E-state index contributed by atoms with van der Waals surface area (Å²) in [6, 6.07) is 5.57. The Balaban J connectivity index is 2.08. The largest absolute Gasteiger partial charge is 0.385 e. The van der Waals surface area contributed by atoms with Crippen molar-refractivity contribution >= 4 is 27.1 Å². The number of anilines is 2. The number of rotatable bonds is 3. The molecule has 0 radical (unpaired) electrons. The van der Waals surface area contributed by atoms with Gasteiger partial charge in [-0.2, -0.15) is 0 Å². The normalized spacial score (nSPS) is 14.5. The Bertz CT molecular complexity index is 567. The number of sulfone groups is 1. The number of carbonyl (C=O) groups excluding carboxylic acids is 1. The molecule has 0 atom stereocenters. The highest BCUT2D eigenvalue weighted by Crippen LogP contribution is 2.25. The molecule has 1 heterocycles. The maximum absolute atomic E-state index is 11.5. The summed E-state index contributed by atoms with van der Waals surface area (Å²) in [4.78, 5) is 11.5. The number of amides is 1. The van der Waals surface area contributed by atoms with Gasteiger partial charge in [0.2, 0.25) is 5.91 Å². The number of hydrogen-bond donors (Lipinski definition) is 2. The van der Waals surface area contributed by atoms with Crippen LogP contribution in [0.15, 0.2) is 18.2 Å². The Hall–Kier alpha value is -1.56. The Labute approximate surface area is 107 Å². The molecule has 0 fully saturated rings. The first-order valence-corrected chi connectivity index (χ1v) is 7.84. The lowest BCUT2D eigenvalue weighted by Gasteiger charge is -2.18. The van der Waals surface area contributed by atoms with Gasteiger partial charge in [-0.1, -0.05) is 0 Å². The maximum Gasteiger partial charge on any atom is 0.239 e. The van der Waals surface area contributed by atoms with Crippen LogP contribution in [0.3, 0.4) is 0 Å². The standard InChI is InChI=1S/C12H16N2O3S/c1-18(16,17)8-12(15)14-10-4-5-11-9(7-10)3-2-6-13-11/h4-5,7,13H,2-3,6,8H2,1H3,(H,14,15). The van der Waals surface area contributed by atoms with Gasteiger partial charge < -0.3 is 10.6 Å². The molecule has 0 bridgehead atoms. The quantitative estimate of drug-likeness (QED) is 0.858. The molecular weight excluding hydrogens is 252 g/mol. The lowest BCUT2D eigenvalue weighted by molar-refractivity contribution is -0.113. The van der Waals surface area contributed by atoms with Gasteiger partial charge in [-0.3, -0.25) is 4.79 Å². The summed E-state index contributed by atoms with van der Waals surface area (Å²) in [5, 5.41) is 5.88. The monoisotopic (exact) mass is 268 g/mol. The van der Waals surface area contributed by atoms with Crippen LogP contribution < -0.4 is 10.6 Å². The molecule has 1 amide bonds. The lowest BCUT2D eigenvalue weighted by Crippen LogP contribution is -2.22. The molecule has 1 aromatic carbocycles. The smallest absolute Gasteiger partial charge is 0.239 e. The van der Waals surface area contributed by atoms with Crippen LogP contribution >= 0.6 is 0 Å². The van der Waals surface area contributed by atoms with Crippen LogP contribution in [0.2, 0.25) is 0 Å². The summed E-state index contributed by atoms with van der Waals surface area (Å²) < 4.78 is 22.0. The second-order valence-corrected chi connectivity index (χ2v) is 6.66. The Morgan fingerprint density at radius 3 is 2.94 bits per heavy atom. The molecule has 6 heteroatoms. The minimum absolute atomic E-state index is 0.484. The van der Waals surface area contributed by atoms with Gasteiger partial charge in [0, 0.05) is 24.2 Å². The zero-order valence-electron chi connectivity index (χ0n) is 10.2. The molecule has 5 nitrogen and oxygen atoms in total. The van der Waals surface area contributed by atoms with E-state index in [-0.39, 0.29) is 0 Å². The SMILES string of the molecule is CS(=O)(=O)CC(=O)Nc1ccc2c(c1)CCCN2. The van der Waals surface area contributed by atoms with Crippen LogP contribution in [0.5, 0.6) is 0 Å². The van der Waals surface area contributed by atoms with Gasteiger partial charge >= 0.3 is 0 Å². The van der Waals surface area contributed by atoms with Crippen LogP contribution in [0, 0.1) is 0 Å². The summed E-state index contributed by atoms with van der Waals surface area (Å²) in [6.45, 7) is 0.965. The molecule has 2 rings (SSSR count). The van der Waals surface area contributed by atoms with Gasteiger partial charge in [0.05, 0.1) is 0 Å². The second-order valence-electron chi connectivity index (χ2n) is 4.52. The second kappa shape index (κ2) is 4.97. The first-order chi connectivity index (χ1) is 8.44. The van der Waals surface area contributed by atoms with E-state index in [0.717, 1.165) is 36.9 Å². The van der Waals surface area contributed by atoms with Crippen molar-refractivity contribution in [3.05, 3.63) is 23.8 Å². The highest BCUT2D eigenvalue weighted by atomic mass is 32.2. The predicted octanol–water partition coefficient (Wildman–Crippen LogP) is 1.03. The van der Waals surface area contributed by atoms with Crippen molar-refractivity contribution < 1.29 is 13.2 Å². The third kappa shape index (κ3) is 3.46. The van der Waals surface area contributed by atoms with Crippen molar-refractivity contribution in [2.24, 2.45) is 0 Å². The molecule has 0 unspecified atom stereocenters. The highest BCUT2D eigenvalue weighted by molar-refractivity contribution is 7.91. The molecular formula is C12H16N2O3S. The van der Waals surface area contributed by atoms with Gasteiger partial charge in [0.1, 0.15) is 5.75 Å². The summed E-state index contributed by atoms with van der Waals surface area (Å²) >= 11 is 0. The maximum atomic E-state index is 11.5. The fourth-order valence-electron chi connectivity index (χ4n) is 1.99. The number of fused-ring (bicyclic) bond motifs is 1. The van der Waals surface area contributed by atoms with Gasteiger partial charge in [-0.05, 0) is 36.6 Å². The predicted molar refractivity (Wildman–Crippen MR) is 71.6 cm³/mol. The Kier molecular flexibility index (Phi) is 3.56. The van der Waals surface area contributed by atoms with Crippen LogP contribution in [-0.4, -0.2) is 32.9 Å². The fourth-order valence-corrected chi connectivity index (χ4v) is 2.54. The molecule has 0 saturated carbocycles. The zero-order valence-corrected chi connectivity index (χ0v) is 11.0. The fraction of sp³-hybridized carbons (Fsp3) is 0.417. The van der Waals surface area contributed by atoms with E-state index in [1.807, 2.05) is 12.1 Å². The van der Waals surface area contributed by atoms with Crippen molar-refractivity contribution in [2.45, 2.75) is 12.8 Å². The van der Waals surface area contributed by atoms with E-state index in [9.17, 15) is 13.2 Å². The molecule has 2 N–H and O–H groups in total. The van der Waals surface area contributed by atoms with E-state index in [0.29, 0.717) is 5.69 Å². The summed E-state index contributed by atoms with van der Waals surface area (Å²) in [7, 11) is -3.29. The summed E-state index contributed by atoms with van der Waals surface area (Å²) in [6.07, 6.45) is 3.08. The third-order valence-electron chi connectivity index (χ3n) is 2.72. The Morgan fingerprint density at radius 2 is 2.22 bits per heavy atom. The summed E-state index contributed by atoms with van der Waals surface area (Å²) in [5.41, 5.74) is 2.88. The van der Waals surface area contributed by atoms with Crippen molar-refractivity contribution in [3.63, 3.8) is 0 Å². The zero-order chi connectivity index (χ0) is 13.2. The first kappa shape index (κ1) is 12.9. The third-order valence-corrected chi connectivity index (χ3v) is 3.51. The highest BCUT2D eigenvalue weighted by Gasteiger charge is 2.13. The average molecular weight is 268 g/mol. The molecule has 1 aliphatic rings. The minimum Gasteiger partial charge on any atom is -0.385 e. The van der Waals surface area contributed by atoms with E-state index in [2.05, 4.69) is 10.6 Å². The number of benzene rings is 1. The van der Waals surface area contributed by atoms with E-state index in [4.69, 9.17) is 0 Å². The molecule has 1 aromatic rings. The molecule has 98 valence electrons. The van der Waals surface area contributed by atoms with Gasteiger partial charge in [0.25, 0.3) is 0 Å². The molecule has 0 spiro atoms. The van der Waals surface area contributed by atoms with Crippen LogP contribution in [0.1, 0.15) is 12.0 Å². The van der Waals surface area contributed by atoms with Gasteiger partial charge in [-0.25, -0.2) is 8.42 Å². The molecule has 0 saturated heterocycles. The first-order valence-electron chi connectivity index (χ1n) is 5.78. The van der Waals surface area contributed by atoms with Crippen molar-refractivity contribution in [1.82, 2.24) is 0 Å². The van der Waals surface area contributed by atoms with E-state index in [1.165, 1.54) is 0 Å². The van der Waals surface area contributed by atoms with Crippen LogP contribution in [0.25, 0.3) is 0 Å². The molecule has 1 aliphatic heterocycles. The van der Waals surface area contributed by atoms with Crippen molar-refractivity contribution in [1.29, 1.82) is 0 Å². The van der Waals surface area contributed by atoms with Gasteiger partial charge in [0.15, 0.2) is 9.84 Å². The number of aryl methyl sites for hydroxylation is 1. The van der Waals surface area contributed by atoms with Crippen molar-refractivity contribution in [3.8, 4) is 0 Å². The van der Waals surface area contributed by atoms with Crippen molar-refractivity contribution in [2.75, 3.05) is 29.2 Å². The molecule has 0 aromatic heterocycles. The Morgan fingerprint density at radius 1 is 1.44 bits per heavy atom. The van der Waals surface area contributed by atoms with E-state index >= 15 is 0 Å². The van der Waals surface area contributed by atoms with Crippen LogP contribution in [0.4, 0.5) is 11.4 Å². The van der Waals surface area contributed by atoms with Crippen LogP contribution in [-0.2, 0) is 21.1 Å². The lowest BCUT2D eigenvalue weighted by atomic mass is 10.0. The number of hydrogen-bond acceptors (Lipinski definition) is 4. The topological polar surface area (TPSA) is 75.3 Å². The number of carbonyl (C=O) groups is 1. The number of nitrogens with one attached hydrogen (secondary N) is 2. The summed E-state index contributed by atoms with van der Waals surface area (Å²) in [5.74, 6) is -0.983. The molecule has 0 aliphatic carbocycles.